The van der Waals surface area contributed by atoms with Gasteiger partial charge in [0.05, 0.1) is 23.1 Å². The van der Waals surface area contributed by atoms with Crippen LogP contribution in [0, 0.1) is 0 Å². The lowest BCUT2D eigenvalue weighted by atomic mass is 10.1. The Kier molecular flexibility index (Phi) is 3.57. The van der Waals surface area contributed by atoms with Crippen molar-refractivity contribution in [2.75, 3.05) is 0 Å². The fourth-order valence-electron chi connectivity index (χ4n) is 2.04. The van der Waals surface area contributed by atoms with Gasteiger partial charge in [-0.3, -0.25) is 4.79 Å². The van der Waals surface area contributed by atoms with E-state index in [2.05, 4.69) is 20.5 Å². The lowest BCUT2D eigenvalue weighted by Gasteiger charge is -2.03. The molecule has 22 heavy (non-hydrogen) atoms. The zero-order valence-electron chi connectivity index (χ0n) is 11.9. The van der Waals surface area contributed by atoms with Crippen molar-refractivity contribution in [2.45, 2.75) is 6.92 Å². The Morgan fingerprint density at radius 2 is 1.91 bits per heavy atom. The summed E-state index contributed by atoms with van der Waals surface area (Å²) in [5, 5.41) is 13.3. The zero-order chi connectivity index (χ0) is 15.5. The second-order valence-electron chi connectivity index (χ2n) is 4.82. The highest BCUT2D eigenvalue weighted by Crippen LogP contribution is 2.12. The number of hydrazone groups is 1. The highest BCUT2D eigenvalue weighted by molar-refractivity contribution is 6.01. The highest BCUT2D eigenvalue weighted by atomic mass is 16.3. The van der Waals surface area contributed by atoms with E-state index in [9.17, 15) is 9.90 Å². The molecular weight excluding hydrogens is 280 g/mol. The third-order valence-corrected chi connectivity index (χ3v) is 3.29. The number of phenolic OH excluding ortho intramolecular Hbond substituents is 1. The van der Waals surface area contributed by atoms with Crippen LogP contribution < -0.4 is 5.43 Å². The Labute approximate surface area is 126 Å². The predicted octanol–water partition coefficient (Wildman–Crippen LogP) is 2.42. The summed E-state index contributed by atoms with van der Waals surface area (Å²) in [6.07, 6.45) is 1.58. The third-order valence-electron chi connectivity index (χ3n) is 3.29. The number of H-pyrrole nitrogens is 1. The molecule has 2 aromatic carbocycles. The van der Waals surface area contributed by atoms with E-state index in [1.165, 1.54) is 0 Å². The van der Waals surface area contributed by atoms with E-state index < -0.39 is 0 Å². The molecular formula is C16H14N4O2. The number of benzene rings is 2. The standard InChI is InChI=1S/C16H14N4O2/c1-10(11-2-5-13(21)6-3-11)19-20-16(22)12-4-7-14-15(8-12)18-9-17-14/h2-9,21H,1H3,(H,17,18)(H,20,22)/b19-10+. The number of nitrogens with zero attached hydrogens (tertiary/aromatic N) is 2. The van der Waals surface area contributed by atoms with E-state index in [0.717, 1.165) is 16.6 Å². The number of nitrogens with one attached hydrogen (secondary N) is 2. The van der Waals surface area contributed by atoms with E-state index >= 15 is 0 Å². The summed E-state index contributed by atoms with van der Waals surface area (Å²) in [5.74, 6) is -0.108. The van der Waals surface area contributed by atoms with Crippen molar-refractivity contribution in [2.24, 2.45) is 5.10 Å². The molecule has 0 aliphatic carbocycles. The molecule has 0 aliphatic rings. The molecule has 0 radical (unpaired) electrons. The van der Waals surface area contributed by atoms with Crippen LogP contribution in [-0.2, 0) is 0 Å². The van der Waals surface area contributed by atoms with Crippen LogP contribution in [0.2, 0.25) is 0 Å². The molecule has 0 aliphatic heterocycles. The molecule has 0 atom stereocenters. The van der Waals surface area contributed by atoms with Crippen molar-refractivity contribution in [3.63, 3.8) is 0 Å². The van der Waals surface area contributed by atoms with Crippen LogP contribution in [0.3, 0.4) is 0 Å². The SMILES string of the molecule is C/C(=N\NC(=O)c1ccc2nc[nH]c2c1)c1ccc(O)cc1. The Morgan fingerprint density at radius 1 is 1.18 bits per heavy atom. The summed E-state index contributed by atoms with van der Waals surface area (Å²) < 4.78 is 0. The lowest BCUT2D eigenvalue weighted by molar-refractivity contribution is 0.0955. The van der Waals surface area contributed by atoms with E-state index in [1.54, 1.807) is 55.7 Å². The number of aromatic nitrogens is 2. The molecule has 1 heterocycles. The minimum absolute atomic E-state index is 0.188. The fourth-order valence-corrected chi connectivity index (χ4v) is 2.04. The molecule has 0 saturated carbocycles. The molecule has 0 unspecified atom stereocenters. The molecule has 0 spiro atoms. The van der Waals surface area contributed by atoms with E-state index in [1.807, 2.05) is 0 Å². The van der Waals surface area contributed by atoms with Gasteiger partial charge in [0.2, 0.25) is 0 Å². The molecule has 1 aromatic heterocycles. The molecule has 3 aromatic rings. The largest absolute Gasteiger partial charge is 0.508 e. The van der Waals surface area contributed by atoms with Gasteiger partial charge in [-0.2, -0.15) is 5.10 Å². The molecule has 3 N–H and O–H groups in total. The number of phenols is 1. The fraction of sp³-hybridized carbons (Fsp3) is 0.0625. The van der Waals surface area contributed by atoms with Crippen molar-refractivity contribution in [1.82, 2.24) is 15.4 Å². The van der Waals surface area contributed by atoms with Crippen molar-refractivity contribution in [1.29, 1.82) is 0 Å². The van der Waals surface area contributed by atoms with Crippen molar-refractivity contribution in [3.05, 3.63) is 59.9 Å². The normalized spacial score (nSPS) is 11.6. The molecule has 6 heteroatoms. The summed E-state index contributed by atoms with van der Waals surface area (Å²) in [7, 11) is 0. The highest BCUT2D eigenvalue weighted by Gasteiger charge is 2.07. The summed E-state index contributed by atoms with van der Waals surface area (Å²) >= 11 is 0. The summed E-state index contributed by atoms with van der Waals surface area (Å²) in [6, 6.07) is 11.8. The van der Waals surface area contributed by atoms with Crippen molar-refractivity contribution >= 4 is 22.7 Å². The van der Waals surface area contributed by atoms with E-state index in [4.69, 9.17) is 0 Å². The van der Waals surface area contributed by atoms with E-state index in [0.29, 0.717) is 11.3 Å². The first-order valence-electron chi connectivity index (χ1n) is 6.70. The van der Waals surface area contributed by atoms with Crippen LogP contribution in [0.15, 0.2) is 53.9 Å². The minimum Gasteiger partial charge on any atom is -0.508 e. The van der Waals surface area contributed by atoms with E-state index in [-0.39, 0.29) is 11.7 Å². The first kappa shape index (κ1) is 13.8. The number of hydrogen-bond acceptors (Lipinski definition) is 4. The van der Waals surface area contributed by atoms with Crippen LogP contribution in [0.4, 0.5) is 0 Å². The molecule has 6 nitrogen and oxygen atoms in total. The molecule has 0 saturated heterocycles. The summed E-state index contributed by atoms with van der Waals surface area (Å²) in [6.45, 7) is 1.78. The van der Waals surface area contributed by atoms with Gasteiger partial charge in [-0.05, 0) is 55.0 Å². The molecule has 110 valence electrons. The van der Waals surface area contributed by atoms with Crippen LogP contribution in [0.1, 0.15) is 22.8 Å². The van der Waals surface area contributed by atoms with Crippen LogP contribution in [0.25, 0.3) is 11.0 Å². The van der Waals surface area contributed by atoms with Gasteiger partial charge in [0.25, 0.3) is 5.91 Å². The Hall–Kier alpha value is -3.15. The van der Waals surface area contributed by atoms with Crippen molar-refractivity contribution < 1.29 is 9.90 Å². The monoisotopic (exact) mass is 294 g/mol. The summed E-state index contributed by atoms with van der Waals surface area (Å²) in [4.78, 5) is 19.2. The van der Waals surface area contributed by atoms with Crippen LogP contribution in [0.5, 0.6) is 5.75 Å². The number of hydrogen-bond donors (Lipinski definition) is 3. The maximum Gasteiger partial charge on any atom is 0.271 e. The molecule has 0 fully saturated rings. The average Bonchev–Trinajstić information content (AvgIpc) is 3.00. The number of rotatable bonds is 3. The van der Waals surface area contributed by atoms with Gasteiger partial charge in [-0.25, -0.2) is 10.4 Å². The Morgan fingerprint density at radius 3 is 2.68 bits per heavy atom. The number of aromatic hydroxyl groups is 1. The topological polar surface area (TPSA) is 90.4 Å². The van der Waals surface area contributed by atoms with Crippen LogP contribution in [-0.4, -0.2) is 26.7 Å². The number of carbonyl (C=O) groups is 1. The quantitative estimate of drug-likeness (QED) is 0.512. The first-order valence-corrected chi connectivity index (χ1v) is 6.70. The number of aromatic amines is 1. The average molecular weight is 294 g/mol. The second kappa shape index (κ2) is 5.69. The predicted molar refractivity (Wildman–Crippen MR) is 83.9 cm³/mol. The maximum atomic E-state index is 12.1. The number of amides is 1. The van der Waals surface area contributed by atoms with Gasteiger partial charge in [-0.15, -0.1) is 0 Å². The molecule has 1 amide bonds. The van der Waals surface area contributed by atoms with Gasteiger partial charge < -0.3 is 10.1 Å². The van der Waals surface area contributed by atoms with Gasteiger partial charge >= 0.3 is 0 Å². The minimum atomic E-state index is -0.297. The smallest absolute Gasteiger partial charge is 0.271 e. The molecule has 3 rings (SSSR count). The van der Waals surface area contributed by atoms with Crippen molar-refractivity contribution in [3.8, 4) is 5.75 Å². The van der Waals surface area contributed by atoms with Gasteiger partial charge in [0.15, 0.2) is 0 Å². The number of fused-ring (bicyclic) bond motifs is 1. The zero-order valence-corrected chi connectivity index (χ0v) is 11.9. The van der Waals surface area contributed by atoms with Gasteiger partial charge in [0.1, 0.15) is 5.75 Å². The number of imidazole rings is 1. The maximum absolute atomic E-state index is 12.1. The number of carbonyl (C=O) groups excluding carboxylic acids is 1. The van der Waals surface area contributed by atoms with Crippen LogP contribution >= 0.6 is 0 Å². The Balaban J connectivity index is 1.75. The second-order valence-corrected chi connectivity index (χ2v) is 4.82. The summed E-state index contributed by atoms with van der Waals surface area (Å²) in [5.41, 5.74) is 6.09. The third kappa shape index (κ3) is 2.80. The van der Waals surface area contributed by atoms with Gasteiger partial charge in [0, 0.05) is 5.56 Å². The molecule has 0 bridgehead atoms. The Bertz CT molecular complexity index is 850. The first-order chi connectivity index (χ1) is 10.6. The van der Waals surface area contributed by atoms with Gasteiger partial charge in [-0.1, -0.05) is 0 Å². The lowest BCUT2D eigenvalue weighted by Crippen LogP contribution is -2.19.